The molecule has 1 saturated heterocycles. The van der Waals surface area contributed by atoms with Gasteiger partial charge in [-0.25, -0.2) is 0 Å². The Morgan fingerprint density at radius 3 is 1.87 bits per heavy atom. The molecule has 0 spiro atoms. The molecule has 0 aliphatic carbocycles. The normalized spacial score (nSPS) is 19.1. The molecule has 6 heterocycles. The molecule has 0 unspecified atom stereocenters. The molecule has 0 amide bonds. The molecule has 39 heavy (non-hydrogen) atoms. The first-order chi connectivity index (χ1) is 19.3. The van der Waals surface area contributed by atoms with Gasteiger partial charge in [-0.1, -0.05) is 72.6 Å². The summed E-state index contributed by atoms with van der Waals surface area (Å²) in [5, 5.41) is 12.2. The Kier molecular flexibility index (Phi) is 4.86. The van der Waals surface area contributed by atoms with E-state index in [1.54, 1.807) is 0 Å². The molecule has 3 aromatic rings. The molecule has 0 atom stereocenters. The molecule has 180 valence electrons. The highest BCUT2D eigenvalue weighted by Gasteiger charge is 2.50. The molecule has 6 nitrogen and oxygen atoms in total. The lowest BCUT2D eigenvalue weighted by Gasteiger charge is -2.53. The number of benzene rings is 2. The van der Waals surface area contributed by atoms with Gasteiger partial charge in [-0.15, -0.1) is 0 Å². The second kappa shape index (κ2) is 8.57. The SMILES string of the molecule is N#CC1=CN2B(C=C1)N1C=CC=CB1N1C=CC(n3c4ccccc4c4ccccc43)=CB1N1C=CC=CB12. The summed E-state index contributed by atoms with van der Waals surface area (Å²) in [5.74, 6) is 8.96. The largest absolute Gasteiger partial charge is 0.423 e. The van der Waals surface area contributed by atoms with Crippen LogP contribution in [0.5, 0.6) is 0 Å². The van der Waals surface area contributed by atoms with E-state index in [-0.39, 0.29) is 27.9 Å². The number of nitriles is 1. The Labute approximate surface area is 229 Å². The zero-order chi connectivity index (χ0) is 25.9. The quantitative estimate of drug-likeness (QED) is 0.458. The number of hydrogen-bond acceptors (Lipinski definition) is 5. The van der Waals surface area contributed by atoms with Gasteiger partial charge in [0.15, 0.2) is 0 Å². The van der Waals surface area contributed by atoms with E-state index in [9.17, 15) is 5.26 Å². The molecular weight excluding hydrogens is 476 g/mol. The average molecular weight is 498 g/mol. The van der Waals surface area contributed by atoms with Crippen molar-refractivity contribution in [3.63, 3.8) is 0 Å². The minimum Gasteiger partial charge on any atom is -0.423 e. The van der Waals surface area contributed by atoms with Crippen LogP contribution in [-0.4, -0.2) is 51.4 Å². The van der Waals surface area contributed by atoms with Crippen LogP contribution in [0.3, 0.4) is 0 Å². The van der Waals surface area contributed by atoms with E-state index in [2.05, 4.69) is 151 Å². The topological polar surface area (TPSA) is 41.7 Å². The molecule has 5 aliphatic heterocycles. The van der Waals surface area contributed by atoms with Crippen molar-refractivity contribution in [3.8, 4) is 6.07 Å². The molecule has 1 aromatic heterocycles. The molecule has 0 bridgehead atoms. The van der Waals surface area contributed by atoms with E-state index in [1.165, 1.54) is 21.8 Å². The van der Waals surface area contributed by atoms with Gasteiger partial charge >= 0.3 is 27.9 Å². The maximum Gasteiger partial charge on any atom is 0.382 e. The van der Waals surface area contributed by atoms with Crippen molar-refractivity contribution >= 4 is 55.4 Å². The lowest BCUT2D eigenvalue weighted by Crippen LogP contribution is -2.73. The van der Waals surface area contributed by atoms with Crippen LogP contribution in [0.15, 0.2) is 139 Å². The van der Waals surface area contributed by atoms with Gasteiger partial charge in [-0.3, -0.25) is 0 Å². The van der Waals surface area contributed by atoms with Gasteiger partial charge in [0, 0.05) is 16.5 Å². The van der Waals surface area contributed by atoms with Crippen molar-refractivity contribution < 1.29 is 0 Å². The van der Waals surface area contributed by atoms with E-state index in [4.69, 9.17) is 0 Å². The second-order valence-corrected chi connectivity index (χ2v) is 10.2. The van der Waals surface area contributed by atoms with Crippen LogP contribution in [0.25, 0.3) is 27.5 Å². The number of fused-ring (bicyclic) bond motifs is 11. The fourth-order valence-electron chi connectivity index (χ4n) is 6.50. The van der Waals surface area contributed by atoms with Crippen molar-refractivity contribution in [2.45, 2.75) is 0 Å². The van der Waals surface area contributed by atoms with E-state index in [1.807, 2.05) is 12.3 Å². The molecular formula is C29H22B4N6. The molecule has 2 aromatic carbocycles. The fourth-order valence-corrected chi connectivity index (χ4v) is 6.50. The molecule has 0 radical (unpaired) electrons. The summed E-state index contributed by atoms with van der Waals surface area (Å²) in [7, 11) is 0. The monoisotopic (exact) mass is 498 g/mol. The van der Waals surface area contributed by atoms with Crippen LogP contribution in [0.4, 0.5) is 0 Å². The van der Waals surface area contributed by atoms with Crippen molar-refractivity contribution in [1.82, 2.24) is 23.5 Å². The van der Waals surface area contributed by atoms with Crippen LogP contribution < -0.4 is 0 Å². The summed E-state index contributed by atoms with van der Waals surface area (Å²) >= 11 is 0. The number of aromatic nitrogens is 1. The minimum absolute atomic E-state index is 0.00152. The lowest BCUT2D eigenvalue weighted by atomic mass is 9.41. The third-order valence-electron chi connectivity index (χ3n) is 8.19. The Balaban J connectivity index is 1.32. The molecule has 0 saturated carbocycles. The fraction of sp³-hybridized carbons (Fsp3) is 0. The predicted octanol–water partition coefficient (Wildman–Crippen LogP) is 4.64. The van der Waals surface area contributed by atoms with Crippen LogP contribution in [0.2, 0.25) is 0 Å². The summed E-state index contributed by atoms with van der Waals surface area (Å²) in [4.78, 5) is 0. The van der Waals surface area contributed by atoms with Crippen molar-refractivity contribution in [3.05, 3.63) is 139 Å². The molecule has 8 rings (SSSR count). The summed E-state index contributed by atoms with van der Waals surface area (Å²) in [6, 6.07) is 19.6. The van der Waals surface area contributed by atoms with Crippen molar-refractivity contribution in [1.29, 1.82) is 5.26 Å². The summed E-state index contributed by atoms with van der Waals surface area (Å²) in [5.41, 5.74) is 4.19. The summed E-state index contributed by atoms with van der Waals surface area (Å²) in [6.07, 6.45) is 21.2. The van der Waals surface area contributed by atoms with Crippen LogP contribution in [0.1, 0.15) is 0 Å². The maximum atomic E-state index is 9.73. The van der Waals surface area contributed by atoms with Crippen LogP contribution in [0, 0.1) is 11.3 Å². The zero-order valence-electron chi connectivity index (χ0n) is 21.2. The number of nitrogens with zero attached hydrogens (tertiary/aromatic N) is 6. The summed E-state index contributed by atoms with van der Waals surface area (Å²) < 4.78 is 11.8. The first kappa shape index (κ1) is 22.1. The minimum atomic E-state index is -0.0665. The predicted molar refractivity (Wildman–Crippen MR) is 163 cm³/mol. The highest BCUT2D eigenvalue weighted by Crippen LogP contribution is 2.35. The van der Waals surface area contributed by atoms with Gasteiger partial charge in [0.05, 0.1) is 16.6 Å². The third-order valence-corrected chi connectivity index (χ3v) is 8.19. The molecule has 10 heteroatoms. The van der Waals surface area contributed by atoms with E-state index in [0.29, 0.717) is 5.57 Å². The van der Waals surface area contributed by atoms with E-state index >= 15 is 0 Å². The standard InChI is InChI=1S/C29H22B4N6/c34-22-24-13-17-32-35-18-7-5-15-30(35)37-20-14-25(21-33(37)36-19-8-6-16-31(36)38(32)23-24)39-28-11-3-1-9-26(28)27-10-2-4-12-29(27)39/h1-21,23H. The zero-order valence-corrected chi connectivity index (χ0v) is 21.2. The Morgan fingerprint density at radius 2 is 1.18 bits per heavy atom. The highest BCUT2D eigenvalue weighted by molar-refractivity contribution is 6.92. The van der Waals surface area contributed by atoms with E-state index in [0.717, 1.165) is 5.70 Å². The smallest absolute Gasteiger partial charge is 0.382 e. The Morgan fingerprint density at radius 1 is 0.590 bits per heavy atom. The van der Waals surface area contributed by atoms with E-state index < -0.39 is 0 Å². The number of hydrogen-bond donors (Lipinski definition) is 0. The second-order valence-electron chi connectivity index (χ2n) is 10.2. The van der Waals surface area contributed by atoms with Gasteiger partial charge in [-0.2, -0.15) is 5.26 Å². The third kappa shape index (κ3) is 3.26. The van der Waals surface area contributed by atoms with Gasteiger partial charge in [-0.05, 0) is 61.1 Å². The Bertz CT molecular complexity index is 1750. The molecule has 0 N–H and O–H groups in total. The maximum absolute atomic E-state index is 9.73. The Hall–Kier alpha value is -4.89. The van der Waals surface area contributed by atoms with Gasteiger partial charge in [0.25, 0.3) is 0 Å². The summed E-state index contributed by atoms with van der Waals surface area (Å²) in [6.45, 7) is -0.163. The van der Waals surface area contributed by atoms with Gasteiger partial charge in [0.2, 0.25) is 0 Å². The van der Waals surface area contributed by atoms with Crippen molar-refractivity contribution in [2.24, 2.45) is 0 Å². The number of para-hydroxylation sites is 2. The van der Waals surface area contributed by atoms with Crippen LogP contribution >= 0.6 is 0 Å². The van der Waals surface area contributed by atoms with Gasteiger partial charge in [0.1, 0.15) is 6.07 Å². The van der Waals surface area contributed by atoms with Gasteiger partial charge < -0.3 is 23.5 Å². The number of rotatable bonds is 1. The number of allylic oxidation sites excluding steroid dienone is 8. The lowest BCUT2D eigenvalue weighted by molar-refractivity contribution is 0.621. The first-order valence-electron chi connectivity index (χ1n) is 13.3. The molecule has 5 aliphatic rings. The highest BCUT2D eigenvalue weighted by atomic mass is 15.3. The first-order valence-corrected chi connectivity index (χ1v) is 13.3. The molecule has 1 fully saturated rings. The van der Waals surface area contributed by atoms with Crippen LogP contribution in [-0.2, 0) is 0 Å². The average Bonchev–Trinajstić information content (AvgIpc) is 3.34. The van der Waals surface area contributed by atoms with Crippen molar-refractivity contribution in [2.75, 3.05) is 0 Å².